The average molecular weight is 1010 g/mol. The van der Waals surface area contributed by atoms with E-state index in [4.69, 9.17) is 22.3 Å². The van der Waals surface area contributed by atoms with Crippen molar-refractivity contribution in [3.63, 3.8) is 0 Å². The van der Waals surface area contributed by atoms with Gasteiger partial charge < -0.3 is 69.7 Å². The van der Waals surface area contributed by atoms with Gasteiger partial charge in [-0.1, -0.05) is 84.7 Å². The van der Waals surface area contributed by atoms with Crippen molar-refractivity contribution in [1.82, 2.24) is 37.2 Å². The molecule has 1 rings (SSSR count). The van der Waals surface area contributed by atoms with Gasteiger partial charge in [0, 0.05) is 19.3 Å². The van der Waals surface area contributed by atoms with Crippen LogP contribution in [0.3, 0.4) is 0 Å². The first kappa shape index (κ1) is 62.3. The molecule has 0 aliphatic rings. The molecule has 0 saturated heterocycles. The summed E-state index contributed by atoms with van der Waals surface area (Å²) in [6.07, 6.45) is -1.26. The van der Waals surface area contributed by atoms with Crippen molar-refractivity contribution in [1.29, 1.82) is 0 Å². The fraction of sp³-hybridized carbons (Fsp3) is 0.638. The summed E-state index contributed by atoms with van der Waals surface area (Å²) in [4.78, 5) is 144. The zero-order valence-corrected chi connectivity index (χ0v) is 41.5. The molecule has 24 nitrogen and oxygen atoms in total. The normalized spacial score (nSPS) is 15.3. The summed E-state index contributed by atoms with van der Waals surface area (Å²) in [6, 6.07) is -3.23. The van der Waals surface area contributed by atoms with Crippen LogP contribution in [0.25, 0.3) is 0 Å². The predicted octanol–water partition coefficient (Wildman–Crippen LogP) is -1.09. The Morgan fingerprint density at radius 2 is 0.972 bits per heavy atom. The molecule has 0 heterocycles. The lowest BCUT2D eigenvalue weighted by Crippen LogP contribution is -2.62. The number of nitrogens with two attached hydrogens (primary N) is 3. The third-order valence-electron chi connectivity index (χ3n) is 11.7. The summed E-state index contributed by atoms with van der Waals surface area (Å²) in [5, 5.41) is 45.9. The molecule has 0 bridgehead atoms. The van der Waals surface area contributed by atoms with Crippen molar-refractivity contribution in [2.24, 2.45) is 35.0 Å². The van der Waals surface area contributed by atoms with Crippen molar-refractivity contribution >= 4 is 65.2 Å². The van der Waals surface area contributed by atoms with E-state index in [1.54, 1.807) is 71.9 Å². The molecule has 0 aliphatic heterocycles. The minimum absolute atomic E-state index is 0.00349. The Kier molecular flexibility index (Phi) is 28.3. The maximum atomic E-state index is 14.2. The van der Waals surface area contributed by atoms with E-state index < -0.39 is 151 Å². The van der Waals surface area contributed by atoms with Gasteiger partial charge in [-0.05, 0) is 68.4 Å². The van der Waals surface area contributed by atoms with Gasteiger partial charge in [-0.15, -0.1) is 0 Å². The highest BCUT2D eigenvalue weighted by Gasteiger charge is 2.37. The summed E-state index contributed by atoms with van der Waals surface area (Å²) in [5.41, 5.74) is 17.5. The van der Waals surface area contributed by atoms with E-state index in [0.29, 0.717) is 31.2 Å². The number of nitrogens with one attached hydrogen (secondary N) is 7. The second-order valence-corrected chi connectivity index (χ2v) is 18.1. The maximum Gasteiger partial charge on any atom is 0.326 e. The molecule has 16 N–H and O–H groups in total. The minimum atomic E-state index is -1.75. The molecular formula is C47H76N10O14. The first-order valence-electron chi connectivity index (χ1n) is 23.9. The first-order chi connectivity index (χ1) is 33.3. The molecule has 1 aromatic carbocycles. The standard InChI is InChI=1S/C47H76N10O14/c1-7-26(5)38(57-46(69)39(27(6)8-2)56-40(63)29(49)17-19-36(59)60)45(68)54-33(24-35(50)58)44(67)53-32(23-28-14-10-9-11-15-28)43(66)52-31(18-20-37(61)62)42(65)51-30(16-12-13-21-48)41(64)55-34(47(70)71)22-25(3)4/h9-11,14-15,25-27,29-34,38-39H,7-8,12-13,16-24,48-49H2,1-6H3,(H2,50,58)(H,51,65)(H,52,66)(H,53,67)(H,54,68)(H,55,64)(H,56,63)(H,57,69)(H,59,60)(H,61,62)(H,70,71)/t26-,27-,29-,30-,31-,32-,33-,34-,38-,39-/m0/s1. The van der Waals surface area contributed by atoms with Crippen molar-refractivity contribution < 1.29 is 68.1 Å². The molecule has 10 atom stereocenters. The molecule has 71 heavy (non-hydrogen) atoms. The van der Waals surface area contributed by atoms with E-state index in [0.717, 1.165) is 0 Å². The largest absolute Gasteiger partial charge is 0.481 e. The molecule has 0 radical (unpaired) electrons. The molecule has 398 valence electrons. The van der Waals surface area contributed by atoms with Gasteiger partial charge in [0.1, 0.15) is 42.3 Å². The molecule has 0 aliphatic carbocycles. The average Bonchev–Trinajstić information content (AvgIpc) is 3.30. The van der Waals surface area contributed by atoms with Crippen LogP contribution in [0.2, 0.25) is 0 Å². The highest BCUT2D eigenvalue weighted by Crippen LogP contribution is 2.15. The van der Waals surface area contributed by atoms with Crippen LogP contribution >= 0.6 is 0 Å². The predicted molar refractivity (Wildman–Crippen MR) is 258 cm³/mol. The number of hydrogen-bond acceptors (Lipinski definition) is 13. The van der Waals surface area contributed by atoms with Gasteiger partial charge in [0.15, 0.2) is 0 Å². The maximum absolute atomic E-state index is 14.2. The summed E-state index contributed by atoms with van der Waals surface area (Å²) >= 11 is 0. The van der Waals surface area contributed by atoms with Crippen LogP contribution in [0.1, 0.15) is 118 Å². The molecule has 8 amide bonds. The van der Waals surface area contributed by atoms with Crippen LogP contribution in [-0.2, 0) is 59.2 Å². The number of carboxylic acid groups (broad SMARTS) is 3. The van der Waals surface area contributed by atoms with E-state index in [2.05, 4.69) is 37.2 Å². The number of hydrogen-bond donors (Lipinski definition) is 13. The quantitative estimate of drug-likeness (QED) is 0.0359. The fourth-order valence-electron chi connectivity index (χ4n) is 7.13. The van der Waals surface area contributed by atoms with Crippen molar-refractivity contribution in [2.75, 3.05) is 6.54 Å². The summed E-state index contributed by atoms with van der Waals surface area (Å²) < 4.78 is 0. The number of primary amides is 1. The van der Waals surface area contributed by atoms with Crippen molar-refractivity contribution in [2.45, 2.75) is 167 Å². The van der Waals surface area contributed by atoms with Crippen LogP contribution in [-0.4, -0.2) is 135 Å². The zero-order valence-electron chi connectivity index (χ0n) is 41.5. The Morgan fingerprint density at radius 1 is 0.535 bits per heavy atom. The van der Waals surface area contributed by atoms with E-state index in [1.807, 2.05) is 0 Å². The topological polar surface area (TPSA) is 411 Å². The number of carbonyl (C=O) groups is 11. The number of carbonyl (C=O) groups excluding carboxylic acids is 8. The van der Waals surface area contributed by atoms with Crippen molar-refractivity contribution in [3.05, 3.63) is 35.9 Å². The Balaban J connectivity index is 3.59. The molecule has 0 unspecified atom stereocenters. The highest BCUT2D eigenvalue weighted by atomic mass is 16.4. The Hall–Kier alpha value is -6.69. The lowest BCUT2D eigenvalue weighted by Gasteiger charge is -2.30. The number of carboxylic acids is 3. The second-order valence-electron chi connectivity index (χ2n) is 18.1. The molecule has 0 spiro atoms. The smallest absolute Gasteiger partial charge is 0.326 e. The van der Waals surface area contributed by atoms with Crippen LogP contribution in [0, 0.1) is 17.8 Å². The Morgan fingerprint density at radius 3 is 1.45 bits per heavy atom. The summed E-state index contributed by atoms with van der Waals surface area (Å²) in [6.45, 7) is 10.5. The van der Waals surface area contributed by atoms with Crippen LogP contribution < -0.4 is 54.4 Å². The van der Waals surface area contributed by atoms with E-state index in [-0.39, 0.29) is 38.1 Å². The number of amides is 8. The second kappa shape index (κ2) is 32.2. The summed E-state index contributed by atoms with van der Waals surface area (Å²) in [5.74, 6) is -12.6. The van der Waals surface area contributed by atoms with Gasteiger partial charge in [0.05, 0.1) is 12.5 Å². The van der Waals surface area contributed by atoms with Gasteiger partial charge in [-0.2, -0.15) is 0 Å². The lowest BCUT2D eigenvalue weighted by atomic mass is 9.94. The van der Waals surface area contributed by atoms with Gasteiger partial charge in [-0.3, -0.25) is 47.9 Å². The van der Waals surface area contributed by atoms with E-state index in [9.17, 15) is 63.0 Å². The molecule has 0 fully saturated rings. The van der Waals surface area contributed by atoms with Crippen LogP contribution in [0.4, 0.5) is 0 Å². The molecule has 0 saturated carbocycles. The first-order valence-corrected chi connectivity index (χ1v) is 23.9. The van der Waals surface area contributed by atoms with Gasteiger partial charge in [0.2, 0.25) is 47.3 Å². The number of rotatable bonds is 35. The van der Waals surface area contributed by atoms with Crippen molar-refractivity contribution in [3.8, 4) is 0 Å². The van der Waals surface area contributed by atoms with Gasteiger partial charge in [-0.25, -0.2) is 4.79 Å². The molecular weight excluding hydrogens is 929 g/mol. The fourth-order valence-corrected chi connectivity index (χ4v) is 7.13. The van der Waals surface area contributed by atoms with Crippen LogP contribution in [0.15, 0.2) is 30.3 Å². The molecule has 24 heteroatoms. The van der Waals surface area contributed by atoms with Crippen LogP contribution in [0.5, 0.6) is 0 Å². The molecule has 0 aromatic heterocycles. The van der Waals surface area contributed by atoms with E-state index in [1.165, 1.54) is 0 Å². The number of benzene rings is 1. The highest BCUT2D eigenvalue weighted by molar-refractivity contribution is 5.99. The number of unbranched alkanes of at least 4 members (excludes halogenated alkanes) is 1. The third-order valence-corrected chi connectivity index (χ3v) is 11.7. The van der Waals surface area contributed by atoms with Gasteiger partial charge >= 0.3 is 17.9 Å². The Bertz CT molecular complexity index is 1970. The van der Waals surface area contributed by atoms with E-state index >= 15 is 0 Å². The SMILES string of the molecule is CC[C@H](C)[C@H](NC(=O)[C@@H](NC(=O)[C@@H](N)CCC(=O)O)[C@@H](C)CC)C(=O)N[C@@H](CC(N)=O)C(=O)N[C@@H](Cc1ccccc1)C(=O)N[C@@H](CCC(=O)O)C(=O)N[C@@H](CCCCN)C(=O)N[C@@H](CC(C)C)C(=O)O. The Labute approximate surface area is 413 Å². The monoisotopic (exact) mass is 1000 g/mol. The zero-order chi connectivity index (χ0) is 54.0. The lowest BCUT2D eigenvalue weighted by molar-refractivity contribution is -0.143. The number of aliphatic carboxylic acids is 3. The van der Waals surface area contributed by atoms with Gasteiger partial charge in [0.25, 0.3) is 0 Å². The third kappa shape index (κ3) is 23.7. The minimum Gasteiger partial charge on any atom is -0.481 e. The summed E-state index contributed by atoms with van der Waals surface area (Å²) in [7, 11) is 0. The molecule has 1 aromatic rings.